The van der Waals surface area contributed by atoms with Crippen LogP contribution in [-0.4, -0.2) is 0 Å². The predicted octanol–water partition coefficient (Wildman–Crippen LogP) is 12.8. The van der Waals surface area contributed by atoms with Crippen LogP contribution in [0.4, 0.5) is 28.4 Å². The summed E-state index contributed by atoms with van der Waals surface area (Å²) in [7, 11) is 0. The Bertz CT molecular complexity index is 2460. The number of nitrogens with one attached hydrogen (secondary N) is 1. The van der Waals surface area contributed by atoms with Gasteiger partial charge in [0.2, 0.25) is 0 Å². The first-order valence-corrected chi connectivity index (χ1v) is 16.5. The number of furan rings is 1. The van der Waals surface area contributed by atoms with Crippen molar-refractivity contribution in [1.82, 2.24) is 0 Å². The van der Waals surface area contributed by atoms with Crippen molar-refractivity contribution >= 4 is 50.4 Å². The van der Waals surface area contributed by atoms with Crippen molar-refractivity contribution in [3.8, 4) is 22.3 Å². The second kappa shape index (κ2) is 11.0. The van der Waals surface area contributed by atoms with Gasteiger partial charge in [0.25, 0.3) is 0 Å². The van der Waals surface area contributed by atoms with Crippen molar-refractivity contribution in [1.29, 1.82) is 0 Å². The largest absolute Gasteiger partial charge is 0.456 e. The smallest absolute Gasteiger partial charge is 0.137 e. The Kier molecular flexibility index (Phi) is 6.48. The maximum absolute atomic E-state index is 6.36. The highest BCUT2D eigenvalue weighted by Gasteiger charge is 2.35. The molecule has 0 amide bonds. The van der Waals surface area contributed by atoms with E-state index in [4.69, 9.17) is 4.42 Å². The minimum Gasteiger partial charge on any atom is -0.456 e. The van der Waals surface area contributed by atoms with Gasteiger partial charge in [-0.15, -0.1) is 0 Å². The van der Waals surface area contributed by atoms with Crippen molar-refractivity contribution in [2.24, 2.45) is 0 Å². The molecule has 9 rings (SSSR count). The second-order valence-electron chi connectivity index (χ2n) is 13.1. The SMILES string of the molecule is CC1(C)c2ccccc2-c2ccc(-c3cc(Nc4ccccc4)cc(N(c4ccccc4)c4ccc5c(c4)oc4ccccc45)c3)cc21. The summed E-state index contributed by atoms with van der Waals surface area (Å²) in [6, 6.07) is 58.3. The lowest BCUT2D eigenvalue weighted by Gasteiger charge is -2.27. The molecule has 1 aliphatic rings. The number of benzene rings is 7. The van der Waals surface area contributed by atoms with Gasteiger partial charge in [-0.25, -0.2) is 0 Å². The quantitative estimate of drug-likeness (QED) is 0.201. The van der Waals surface area contributed by atoms with Gasteiger partial charge >= 0.3 is 0 Å². The van der Waals surface area contributed by atoms with Gasteiger partial charge in [-0.3, -0.25) is 0 Å². The fraction of sp³-hybridized carbons (Fsp3) is 0.0667. The maximum atomic E-state index is 6.36. The molecule has 1 aromatic heterocycles. The first kappa shape index (κ1) is 28.2. The Morgan fingerprint density at radius 1 is 0.458 bits per heavy atom. The van der Waals surface area contributed by atoms with Gasteiger partial charge < -0.3 is 14.6 Å². The minimum absolute atomic E-state index is 0.0806. The van der Waals surface area contributed by atoms with E-state index in [1.807, 2.05) is 18.2 Å². The third-order valence-corrected chi connectivity index (χ3v) is 9.79. The molecular weight excluding hydrogens is 585 g/mol. The molecule has 3 nitrogen and oxygen atoms in total. The van der Waals surface area contributed by atoms with Crippen LogP contribution in [0, 0.1) is 0 Å². The van der Waals surface area contributed by atoms with Crippen LogP contribution in [0.1, 0.15) is 25.0 Å². The fourth-order valence-corrected chi connectivity index (χ4v) is 7.43. The highest BCUT2D eigenvalue weighted by Crippen LogP contribution is 2.50. The average Bonchev–Trinajstić information content (AvgIpc) is 3.61. The van der Waals surface area contributed by atoms with Gasteiger partial charge in [0.15, 0.2) is 0 Å². The first-order chi connectivity index (χ1) is 23.5. The summed E-state index contributed by atoms with van der Waals surface area (Å²) in [6.07, 6.45) is 0. The van der Waals surface area contributed by atoms with Crippen LogP contribution in [0.2, 0.25) is 0 Å². The number of fused-ring (bicyclic) bond motifs is 6. The molecule has 0 fully saturated rings. The van der Waals surface area contributed by atoms with E-state index in [2.05, 4.69) is 170 Å². The Morgan fingerprint density at radius 2 is 1.17 bits per heavy atom. The molecule has 3 heteroatoms. The van der Waals surface area contributed by atoms with Gasteiger partial charge in [-0.2, -0.15) is 0 Å². The number of rotatable bonds is 6. The lowest BCUT2D eigenvalue weighted by molar-refractivity contribution is 0.660. The molecule has 0 radical (unpaired) electrons. The summed E-state index contributed by atoms with van der Waals surface area (Å²) < 4.78 is 6.36. The van der Waals surface area contributed by atoms with Gasteiger partial charge in [0, 0.05) is 50.7 Å². The summed E-state index contributed by atoms with van der Waals surface area (Å²) in [5, 5.41) is 5.94. The normalized spacial score (nSPS) is 13.0. The van der Waals surface area contributed by atoms with E-state index in [1.165, 1.54) is 27.8 Å². The molecule has 0 bridgehead atoms. The number of hydrogen-bond acceptors (Lipinski definition) is 3. The monoisotopic (exact) mass is 618 g/mol. The third-order valence-electron chi connectivity index (χ3n) is 9.79. The van der Waals surface area contributed by atoms with Gasteiger partial charge in [0.1, 0.15) is 11.2 Å². The second-order valence-corrected chi connectivity index (χ2v) is 13.1. The molecule has 0 unspecified atom stereocenters. The Balaban J connectivity index is 1.23. The summed E-state index contributed by atoms with van der Waals surface area (Å²) in [5.74, 6) is 0. The summed E-state index contributed by atoms with van der Waals surface area (Å²) in [4.78, 5) is 2.32. The molecule has 230 valence electrons. The van der Waals surface area contributed by atoms with Crippen LogP contribution in [0.15, 0.2) is 168 Å². The Labute approximate surface area is 280 Å². The van der Waals surface area contributed by atoms with E-state index >= 15 is 0 Å². The number of para-hydroxylation sites is 3. The van der Waals surface area contributed by atoms with Gasteiger partial charge in [-0.05, 0) is 100 Å². The van der Waals surface area contributed by atoms with Crippen LogP contribution in [0.25, 0.3) is 44.2 Å². The minimum atomic E-state index is -0.0806. The molecule has 0 saturated heterocycles. The van der Waals surface area contributed by atoms with Gasteiger partial charge in [-0.1, -0.05) is 105 Å². The Morgan fingerprint density at radius 3 is 2.02 bits per heavy atom. The lowest BCUT2D eigenvalue weighted by Crippen LogP contribution is -2.14. The van der Waals surface area contributed by atoms with Crippen molar-refractivity contribution < 1.29 is 4.42 Å². The third kappa shape index (κ3) is 4.66. The maximum Gasteiger partial charge on any atom is 0.137 e. The van der Waals surface area contributed by atoms with Crippen molar-refractivity contribution in [2.45, 2.75) is 19.3 Å². The number of nitrogens with zero attached hydrogens (tertiary/aromatic N) is 1. The predicted molar refractivity (Wildman–Crippen MR) is 201 cm³/mol. The summed E-state index contributed by atoms with van der Waals surface area (Å²) in [5.41, 5.74) is 14.6. The molecule has 1 aliphatic carbocycles. The Hall–Kier alpha value is -6.06. The molecule has 48 heavy (non-hydrogen) atoms. The number of anilines is 5. The van der Waals surface area contributed by atoms with E-state index in [1.54, 1.807) is 0 Å². The first-order valence-electron chi connectivity index (χ1n) is 16.5. The molecule has 0 saturated carbocycles. The molecule has 1 N–H and O–H groups in total. The zero-order valence-electron chi connectivity index (χ0n) is 26.9. The van der Waals surface area contributed by atoms with E-state index in [0.717, 1.165) is 55.9 Å². The molecule has 1 heterocycles. The molecule has 0 atom stereocenters. The molecule has 7 aromatic carbocycles. The van der Waals surface area contributed by atoms with Crippen LogP contribution >= 0.6 is 0 Å². The standard InChI is InChI=1S/C45H34N2O/c1-45(2)41-19-11-9-17-37(41)38-23-21-30(27-42(38)45)31-25-33(46-32-13-5-3-6-14-32)28-36(26-31)47(34-15-7-4-8-16-34)35-22-24-40-39-18-10-12-20-43(39)48-44(40)29-35/h3-29,46H,1-2H3. The van der Waals surface area contributed by atoms with Crippen LogP contribution in [0.5, 0.6) is 0 Å². The fourth-order valence-electron chi connectivity index (χ4n) is 7.43. The van der Waals surface area contributed by atoms with E-state index in [-0.39, 0.29) is 5.41 Å². The lowest BCUT2D eigenvalue weighted by atomic mass is 9.81. The number of hydrogen-bond donors (Lipinski definition) is 1. The highest BCUT2D eigenvalue weighted by atomic mass is 16.3. The van der Waals surface area contributed by atoms with Crippen LogP contribution in [-0.2, 0) is 5.41 Å². The zero-order chi connectivity index (χ0) is 32.2. The highest BCUT2D eigenvalue weighted by molar-refractivity contribution is 6.06. The van der Waals surface area contributed by atoms with E-state index < -0.39 is 0 Å². The van der Waals surface area contributed by atoms with Crippen LogP contribution < -0.4 is 10.2 Å². The topological polar surface area (TPSA) is 28.4 Å². The summed E-state index contributed by atoms with van der Waals surface area (Å²) in [6.45, 7) is 4.68. The van der Waals surface area contributed by atoms with Gasteiger partial charge in [0.05, 0.1) is 0 Å². The van der Waals surface area contributed by atoms with Crippen molar-refractivity contribution in [3.05, 3.63) is 175 Å². The van der Waals surface area contributed by atoms with Crippen LogP contribution in [0.3, 0.4) is 0 Å². The van der Waals surface area contributed by atoms with Crippen molar-refractivity contribution in [2.75, 3.05) is 10.2 Å². The van der Waals surface area contributed by atoms with Crippen molar-refractivity contribution in [3.63, 3.8) is 0 Å². The molecular formula is C45H34N2O. The van der Waals surface area contributed by atoms with E-state index in [0.29, 0.717) is 0 Å². The molecule has 0 spiro atoms. The summed E-state index contributed by atoms with van der Waals surface area (Å²) >= 11 is 0. The molecule has 0 aliphatic heterocycles. The molecule has 8 aromatic rings. The van der Waals surface area contributed by atoms with E-state index in [9.17, 15) is 0 Å². The zero-order valence-corrected chi connectivity index (χ0v) is 26.9. The average molecular weight is 619 g/mol.